The molecule has 22 heavy (non-hydrogen) atoms. The van der Waals surface area contributed by atoms with Crippen LogP contribution in [-0.2, 0) is 14.3 Å². The van der Waals surface area contributed by atoms with Crippen molar-refractivity contribution in [2.45, 2.75) is 18.9 Å². The molecule has 0 bridgehead atoms. The molecule has 1 fully saturated rings. The zero-order valence-corrected chi connectivity index (χ0v) is 13.1. The SMILES string of the molecule is COC1(OC)ON(c2ccccc2)[C@H](c2ccccc2)[C@@H]1C. The molecule has 4 heteroatoms. The van der Waals surface area contributed by atoms with Gasteiger partial charge in [-0.1, -0.05) is 55.5 Å². The van der Waals surface area contributed by atoms with Gasteiger partial charge in [-0.2, -0.15) is 0 Å². The second-order valence-corrected chi connectivity index (χ2v) is 5.41. The Morgan fingerprint density at radius 1 is 0.909 bits per heavy atom. The summed E-state index contributed by atoms with van der Waals surface area (Å²) in [6, 6.07) is 20.3. The molecule has 2 aromatic carbocycles. The third kappa shape index (κ3) is 2.39. The zero-order chi connectivity index (χ0) is 15.6. The van der Waals surface area contributed by atoms with Crippen molar-refractivity contribution in [3.63, 3.8) is 0 Å². The summed E-state index contributed by atoms with van der Waals surface area (Å²) in [5, 5.41) is 1.88. The summed E-state index contributed by atoms with van der Waals surface area (Å²) >= 11 is 0. The van der Waals surface area contributed by atoms with Crippen LogP contribution in [0.1, 0.15) is 18.5 Å². The van der Waals surface area contributed by atoms with E-state index in [-0.39, 0.29) is 12.0 Å². The third-order valence-corrected chi connectivity index (χ3v) is 4.23. The van der Waals surface area contributed by atoms with Crippen LogP contribution in [0.3, 0.4) is 0 Å². The Bertz CT molecular complexity index is 598. The van der Waals surface area contributed by atoms with E-state index >= 15 is 0 Å². The molecule has 1 saturated heterocycles. The van der Waals surface area contributed by atoms with E-state index in [1.807, 2.05) is 53.6 Å². The first-order chi connectivity index (χ1) is 10.7. The summed E-state index contributed by atoms with van der Waals surface area (Å²) in [5.74, 6) is -1.10. The molecular formula is C18H21NO3. The minimum atomic E-state index is -1.09. The maximum absolute atomic E-state index is 6.10. The van der Waals surface area contributed by atoms with Gasteiger partial charge in [-0.15, -0.1) is 0 Å². The van der Waals surface area contributed by atoms with Crippen molar-refractivity contribution in [1.29, 1.82) is 0 Å². The fourth-order valence-corrected chi connectivity index (χ4v) is 3.07. The first kappa shape index (κ1) is 15.0. The van der Waals surface area contributed by atoms with Crippen LogP contribution in [0.4, 0.5) is 5.69 Å². The Hall–Kier alpha value is -1.88. The molecule has 0 spiro atoms. The predicted molar refractivity (Wildman–Crippen MR) is 85.1 cm³/mol. The van der Waals surface area contributed by atoms with Crippen molar-refractivity contribution in [1.82, 2.24) is 0 Å². The number of anilines is 1. The predicted octanol–water partition coefficient (Wildman–Crippen LogP) is 3.76. The number of nitrogens with zero attached hydrogens (tertiary/aromatic N) is 1. The maximum atomic E-state index is 6.10. The van der Waals surface area contributed by atoms with E-state index < -0.39 is 5.97 Å². The molecule has 3 rings (SSSR count). The molecule has 0 aliphatic carbocycles. The molecule has 1 aliphatic heterocycles. The number of hydrogen-bond acceptors (Lipinski definition) is 4. The van der Waals surface area contributed by atoms with Crippen LogP contribution in [0.15, 0.2) is 60.7 Å². The highest BCUT2D eigenvalue weighted by atomic mass is 16.9. The summed E-state index contributed by atoms with van der Waals surface area (Å²) in [6.07, 6.45) is 0. The summed E-state index contributed by atoms with van der Waals surface area (Å²) in [7, 11) is 3.22. The quantitative estimate of drug-likeness (QED) is 0.804. The van der Waals surface area contributed by atoms with Crippen molar-refractivity contribution < 1.29 is 14.3 Å². The lowest BCUT2D eigenvalue weighted by atomic mass is 9.93. The summed E-state index contributed by atoms with van der Waals surface area (Å²) in [4.78, 5) is 6.10. The molecule has 2 aromatic rings. The van der Waals surface area contributed by atoms with Crippen LogP contribution >= 0.6 is 0 Å². The van der Waals surface area contributed by atoms with Crippen LogP contribution in [0.2, 0.25) is 0 Å². The highest BCUT2D eigenvalue weighted by Gasteiger charge is 2.54. The zero-order valence-electron chi connectivity index (χ0n) is 13.1. The van der Waals surface area contributed by atoms with Gasteiger partial charge in [-0.25, -0.2) is 9.90 Å². The first-order valence-electron chi connectivity index (χ1n) is 7.40. The lowest BCUT2D eigenvalue weighted by molar-refractivity contribution is -0.361. The molecule has 0 N–H and O–H groups in total. The minimum absolute atomic E-state index is 0.00324. The van der Waals surface area contributed by atoms with Gasteiger partial charge < -0.3 is 9.47 Å². The van der Waals surface area contributed by atoms with Crippen molar-refractivity contribution >= 4 is 5.69 Å². The third-order valence-electron chi connectivity index (χ3n) is 4.23. The van der Waals surface area contributed by atoms with Gasteiger partial charge in [-0.05, 0) is 17.7 Å². The Labute approximate surface area is 131 Å². The van der Waals surface area contributed by atoms with Crippen LogP contribution in [0.25, 0.3) is 0 Å². The van der Waals surface area contributed by atoms with E-state index in [0.717, 1.165) is 11.3 Å². The Morgan fingerprint density at radius 2 is 1.45 bits per heavy atom. The second-order valence-electron chi connectivity index (χ2n) is 5.41. The Balaban J connectivity index is 2.06. The van der Waals surface area contributed by atoms with Gasteiger partial charge in [0.1, 0.15) is 0 Å². The normalized spacial score (nSPS) is 23.7. The second kappa shape index (κ2) is 6.08. The molecule has 1 aliphatic rings. The fraction of sp³-hybridized carbons (Fsp3) is 0.333. The van der Waals surface area contributed by atoms with Gasteiger partial charge in [0.15, 0.2) is 0 Å². The molecule has 1 heterocycles. The van der Waals surface area contributed by atoms with Gasteiger partial charge in [0.2, 0.25) is 0 Å². The first-order valence-corrected chi connectivity index (χ1v) is 7.40. The lowest BCUT2D eigenvalue weighted by Gasteiger charge is -2.27. The number of ether oxygens (including phenoxy) is 2. The average molecular weight is 299 g/mol. The smallest absolute Gasteiger partial charge is 0.309 e. The lowest BCUT2D eigenvalue weighted by Crippen LogP contribution is -2.39. The van der Waals surface area contributed by atoms with Crippen LogP contribution in [0.5, 0.6) is 0 Å². The largest absolute Gasteiger partial charge is 0.329 e. The average Bonchev–Trinajstić information content (AvgIpc) is 2.90. The molecule has 0 aromatic heterocycles. The highest BCUT2D eigenvalue weighted by Crippen LogP contribution is 2.48. The number of rotatable bonds is 4. The van der Waals surface area contributed by atoms with E-state index in [2.05, 4.69) is 19.1 Å². The molecular weight excluding hydrogens is 278 g/mol. The van der Waals surface area contributed by atoms with Gasteiger partial charge in [0.05, 0.1) is 17.6 Å². The van der Waals surface area contributed by atoms with Crippen molar-refractivity contribution in [2.75, 3.05) is 19.3 Å². The Morgan fingerprint density at radius 3 is 2.00 bits per heavy atom. The number of para-hydroxylation sites is 1. The van der Waals surface area contributed by atoms with Crippen LogP contribution < -0.4 is 5.06 Å². The number of hydroxylamine groups is 1. The monoisotopic (exact) mass is 299 g/mol. The van der Waals surface area contributed by atoms with Crippen LogP contribution in [0, 0.1) is 5.92 Å². The van der Waals surface area contributed by atoms with Gasteiger partial charge in [-0.3, -0.25) is 0 Å². The van der Waals surface area contributed by atoms with Gasteiger partial charge in [0, 0.05) is 14.2 Å². The topological polar surface area (TPSA) is 30.9 Å². The van der Waals surface area contributed by atoms with E-state index in [1.165, 1.54) is 0 Å². The molecule has 0 saturated carbocycles. The van der Waals surface area contributed by atoms with Crippen molar-refractivity contribution in [3.05, 3.63) is 66.2 Å². The number of hydrogen-bond donors (Lipinski definition) is 0. The van der Waals surface area contributed by atoms with Gasteiger partial charge in [0.25, 0.3) is 0 Å². The molecule has 116 valence electrons. The van der Waals surface area contributed by atoms with Gasteiger partial charge >= 0.3 is 5.97 Å². The summed E-state index contributed by atoms with van der Waals surface area (Å²) < 4.78 is 11.2. The molecule has 4 nitrogen and oxygen atoms in total. The van der Waals surface area contributed by atoms with Crippen molar-refractivity contribution in [2.24, 2.45) is 5.92 Å². The van der Waals surface area contributed by atoms with E-state index in [1.54, 1.807) is 14.2 Å². The van der Waals surface area contributed by atoms with E-state index in [9.17, 15) is 0 Å². The van der Waals surface area contributed by atoms with Crippen LogP contribution in [-0.4, -0.2) is 20.2 Å². The van der Waals surface area contributed by atoms with Crippen molar-refractivity contribution in [3.8, 4) is 0 Å². The number of methoxy groups -OCH3 is 2. The minimum Gasteiger partial charge on any atom is -0.329 e. The van der Waals surface area contributed by atoms with E-state index in [4.69, 9.17) is 14.3 Å². The fourth-order valence-electron chi connectivity index (χ4n) is 3.07. The summed E-state index contributed by atoms with van der Waals surface area (Å²) in [6.45, 7) is 2.08. The molecule has 2 atom stereocenters. The standard InChI is InChI=1S/C18H21NO3/c1-14-17(15-10-6-4-7-11-15)19(16-12-8-5-9-13-16)22-18(14,20-2)21-3/h4-14,17H,1-3H3/t14-,17-/m0/s1. The highest BCUT2D eigenvalue weighted by molar-refractivity contribution is 5.47. The molecule has 0 radical (unpaired) electrons. The number of benzene rings is 2. The molecule has 0 unspecified atom stereocenters. The maximum Gasteiger partial charge on any atom is 0.309 e. The Kier molecular flexibility index (Phi) is 4.16. The van der Waals surface area contributed by atoms with E-state index in [0.29, 0.717) is 0 Å². The summed E-state index contributed by atoms with van der Waals surface area (Å²) in [5.41, 5.74) is 2.13. The molecule has 0 amide bonds.